The normalized spacial score (nSPS) is 20.2. The van der Waals surface area contributed by atoms with Crippen molar-refractivity contribution in [1.29, 1.82) is 0 Å². The zero-order valence-corrected chi connectivity index (χ0v) is 9.77. The van der Waals surface area contributed by atoms with E-state index in [-0.39, 0.29) is 12.6 Å². The number of aromatic nitrogens is 2. The first-order valence-electron chi connectivity index (χ1n) is 5.65. The second kappa shape index (κ2) is 4.65. The minimum Gasteiger partial charge on any atom is -0.394 e. The number of rotatable bonds is 3. The molecule has 2 N–H and O–H groups in total. The number of aliphatic hydroxyl groups is 1. The van der Waals surface area contributed by atoms with E-state index in [1.165, 1.54) is 0 Å². The third kappa shape index (κ3) is 1.95. The van der Waals surface area contributed by atoms with Gasteiger partial charge in [0, 0.05) is 25.4 Å². The molecule has 0 saturated carbocycles. The molecular weight excluding hydrogens is 204 g/mol. The Kier molecular flexibility index (Phi) is 3.24. The number of nitrogens with one attached hydrogen (secondary N) is 1. The minimum absolute atomic E-state index is 0.193. The van der Waals surface area contributed by atoms with Crippen LogP contribution in [0.2, 0.25) is 0 Å². The van der Waals surface area contributed by atoms with Crippen molar-refractivity contribution in [3.8, 4) is 0 Å². The Balaban J connectivity index is 2.31. The second-order valence-corrected chi connectivity index (χ2v) is 4.12. The van der Waals surface area contributed by atoms with Crippen LogP contribution in [-0.2, 0) is 0 Å². The van der Waals surface area contributed by atoms with E-state index in [0.717, 1.165) is 30.8 Å². The zero-order chi connectivity index (χ0) is 11.5. The molecule has 0 spiro atoms. The number of nitrogens with zero attached hydrogens (tertiary/aromatic N) is 3. The van der Waals surface area contributed by atoms with Crippen molar-refractivity contribution < 1.29 is 5.11 Å². The van der Waals surface area contributed by atoms with Gasteiger partial charge in [0.15, 0.2) is 0 Å². The van der Waals surface area contributed by atoms with E-state index in [4.69, 9.17) is 0 Å². The van der Waals surface area contributed by atoms with E-state index in [2.05, 4.69) is 20.2 Å². The highest BCUT2D eigenvalue weighted by Gasteiger charge is 2.26. The van der Waals surface area contributed by atoms with Gasteiger partial charge in [0.2, 0.25) is 5.95 Å². The zero-order valence-electron chi connectivity index (χ0n) is 9.77. The number of aryl methyl sites for hydroxylation is 1. The Morgan fingerprint density at radius 1 is 1.62 bits per heavy atom. The standard InChI is InChI=1S/C11H18N4O/c1-8-6-13-11(12-2)14-10(8)15-5-3-4-9(15)7-16/h6,9,16H,3-5,7H2,1-2H3,(H,12,13,14). The summed E-state index contributed by atoms with van der Waals surface area (Å²) in [4.78, 5) is 10.8. The monoisotopic (exact) mass is 222 g/mol. The van der Waals surface area contributed by atoms with E-state index in [1.54, 1.807) is 0 Å². The van der Waals surface area contributed by atoms with Crippen LogP contribution in [0.25, 0.3) is 0 Å². The average Bonchev–Trinajstić information content (AvgIpc) is 2.77. The van der Waals surface area contributed by atoms with Crippen molar-refractivity contribution in [3.63, 3.8) is 0 Å². The molecule has 1 aromatic rings. The molecule has 0 bridgehead atoms. The Morgan fingerprint density at radius 2 is 2.44 bits per heavy atom. The molecule has 5 heteroatoms. The summed E-state index contributed by atoms with van der Waals surface area (Å²) in [5, 5.41) is 12.3. The fourth-order valence-electron chi connectivity index (χ4n) is 2.15. The molecule has 0 aromatic carbocycles. The third-order valence-corrected chi connectivity index (χ3v) is 3.03. The molecule has 0 aliphatic carbocycles. The van der Waals surface area contributed by atoms with Gasteiger partial charge in [-0.15, -0.1) is 0 Å². The lowest BCUT2D eigenvalue weighted by Crippen LogP contribution is -2.33. The predicted molar refractivity (Wildman–Crippen MR) is 63.8 cm³/mol. The van der Waals surface area contributed by atoms with Crippen LogP contribution in [0, 0.1) is 6.92 Å². The highest BCUT2D eigenvalue weighted by Crippen LogP contribution is 2.26. The predicted octanol–water partition coefficient (Wildman–Crippen LogP) is 0.788. The highest BCUT2D eigenvalue weighted by molar-refractivity contribution is 5.50. The van der Waals surface area contributed by atoms with Gasteiger partial charge < -0.3 is 15.3 Å². The summed E-state index contributed by atoms with van der Waals surface area (Å²) in [5.41, 5.74) is 1.05. The summed E-state index contributed by atoms with van der Waals surface area (Å²) in [6.07, 6.45) is 3.97. The van der Waals surface area contributed by atoms with Crippen molar-refractivity contribution in [2.75, 3.05) is 30.4 Å². The maximum atomic E-state index is 9.31. The Bertz CT molecular complexity index is 369. The van der Waals surface area contributed by atoms with Crippen LogP contribution in [0.3, 0.4) is 0 Å². The molecule has 1 fully saturated rings. The lowest BCUT2D eigenvalue weighted by atomic mass is 10.2. The van der Waals surface area contributed by atoms with Gasteiger partial charge in [-0.1, -0.05) is 0 Å². The number of aliphatic hydroxyl groups excluding tert-OH is 1. The number of hydrogen-bond acceptors (Lipinski definition) is 5. The second-order valence-electron chi connectivity index (χ2n) is 4.12. The van der Waals surface area contributed by atoms with Crippen LogP contribution in [0.1, 0.15) is 18.4 Å². The van der Waals surface area contributed by atoms with Gasteiger partial charge in [0.1, 0.15) is 5.82 Å². The van der Waals surface area contributed by atoms with Crippen LogP contribution in [-0.4, -0.2) is 41.3 Å². The lowest BCUT2D eigenvalue weighted by Gasteiger charge is -2.25. The van der Waals surface area contributed by atoms with Gasteiger partial charge in [-0.2, -0.15) is 4.98 Å². The highest BCUT2D eigenvalue weighted by atomic mass is 16.3. The SMILES string of the molecule is CNc1ncc(C)c(N2CCCC2CO)n1. The topological polar surface area (TPSA) is 61.3 Å². The Hall–Kier alpha value is -1.36. The first-order chi connectivity index (χ1) is 7.76. The molecule has 5 nitrogen and oxygen atoms in total. The molecule has 1 aromatic heterocycles. The molecule has 0 radical (unpaired) electrons. The van der Waals surface area contributed by atoms with Crippen LogP contribution < -0.4 is 10.2 Å². The largest absolute Gasteiger partial charge is 0.394 e. The molecule has 1 saturated heterocycles. The molecule has 16 heavy (non-hydrogen) atoms. The van der Waals surface area contributed by atoms with E-state index in [9.17, 15) is 5.11 Å². The van der Waals surface area contributed by atoms with Gasteiger partial charge in [-0.3, -0.25) is 0 Å². The number of hydrogen-bond donors (Lipinski definition) is 2. The van der Waals surface area contributed by atoms with Crippen LogP contribution >= 0.6 is 0 Å². The van der Waals surface area contributed by atoms with Crippen molar-refractivity contribution in [2.24, 2.45) is 0 Å². The van der Waals surface area contributed by atoms with Crippen molar-refractivity contribution in [1.82, 2.24) is 9.97 Å². The summed E-state index contributed by atoms with van der Waals surface area (Å²) >= 11 is 0. The maximum absolute atomic E-state index is 9.31. The van der Waals surface area contributed by atoms with Crippen molar-refractivity contribution in [2.45, 2.75) is 25.8 Å². The molecule has 1 unspecified atom stereocenters. The fourth-order valence-corrected chi connectivity index (χ4v) is 2.15. The van der Waals surface area contributed by atoms with Crippen LogP contribution in [0.4, 0.5) is 11.8 Å². The van der Waals surface area contributed by atoms with E-state index >= 15 is 0 Å². The van der Waals surface area contributed by atoms with Crippen molar-refractivity contribution >= 4 is 11.8 Å². The average molecular weight is 222 g/mol. The van der Waals surface area contributed by atoms with Gasteiger partial charge in [-0.05, 0) is 19.8 Å². The molecular formula is C11H18N4O. The summed E-state index contributed by atoms with van der Waals surface area (Å²) in [6, 6.07) is 0.207. The van der Waals surface area contributed by atoms with Crippen molar-refractivity contribution in [3.05, 3.63) is 11.8 Å². The molecule has 2 rings (SSSR count). The summed E-state index contributed by atoms with van der Waals surface area (Å²) < 4.78 is 0. The van der Waals surface area contributed by atoms with Gasteiger partial charge in [0.25, 0.3) is 0 Å². The first kappa shape index (κ1) is 11.1. The van der Waals surface area contributed by atoms with Gasteiger partial charge >= 0.3 is 0 Å². The molecule has 2 heterocycles. The first-order valence-corrected chi connectivity index (χ1v) is 5.65. The molecule has 0 amide bonds. The molecule has 88 valence electrons. The summed E-state index contributed by atoms with van der Waals surface area (Å²) in [6.45, 7) is 3.16. The Morgan fingerprint density at radius 3 is 3.12 bits per heavy atom. The minimum atomic E-state index is 0.193. The summed E-state index contributed by atoms with van der Waals surface area (Å²) in [5.74, 6) is 1.57. The maximum Gasteiger partial charge on any atom is 0.224 e. The Labute approximate surface area is 95.5 Å². The molecule has 1 aliphatic rings. The molecule has 1 aliphatic heterocycles. The smallest absolute Gasteiger partial charge is 0.224 e. The summed E-state index contributed by atoms with van der Waals surface area (Å²) in [7, 11) is 1.81. The van der Waals surface area contributed by atoms with Crippen LogP contribution in [0.5, 0.6) is 0 Å². The van der Waals surface area contributed by atoms with Crippen LogP contribution in [0.15, 0.2) is 6.20 Å². The quantitative estimate of drug-likeness (QED) is 0.791. The lowest BCUT2D eigenvalue weighted by molar-refractivity contribution is 0.266. The van der Waals surface area contributed by atoms with Gasteiger partial charge in [-0.25, -0.2) is 4.98 Å². The van der Waals surface area contributed by atoms with E-state index in [1.807, 2.05) is 20.2 Å². The number of anilines is 2. The van der Waals surface area contributed by atoms with E-state index in [0.29, 0.717) is 5.95 Å². The van der Waals surface area contributed by atoms with Gasteiger partial charge in [0.05, 0.1) is 12.6 Å². The fraction of sp³-hybridized carbons (Fsp3) is 0.636. The third-order valence-electron chi connectivity index (χ3n) is 3.03. The van der Waals surface area contributed by atoms with E-state index < -0.39 is 0 Å². The molecule has 1 atom stereocenters.